The molecule has 4 aliphatic rings. The van der Waals surface area contributed by atoms with E-state index in [0.29, 0.717) is 30.4 Å². The van der Waals surface area contributed by atoms with Crippen LogP contribution in [0.15, 0.2) is 72.1 Å². The molecule has 3 fully saturated rings. The second-order valence-electron chi connectivity index (χ2n) is 12.6. The Labute approximate surface area is 254 Å². The molecule has 0 radical (unpaired) electrons. The Bertz CT molecular complexity index is 1560. The van der Waals surface area contributed by atoms with Gasteiger partial charge in [0.2, 0.25) is 5.88 Å². The standard InChI is InChI=1S/C35H42N6O2/c1-24-5-8-32-33(17-24)41(21-30-12-16-42-30)34(38-32)22-40-14-10-27(11-15-40)31-3-2-4-35(39-31)43-23-25-9-13-37-29(18-25)19-28(20-36)26-6-7-26/h2-5,8-9,13,17-20,26-28,30,36-37H,6-7,10-12,14-16,21-23H2,1H3/b29-19+,36-20?. The molecule has 2 unspecified atom stereocenters. The number of likely N-dealkylation sites (tertiary alicyclic amines) is 1. The maximum Gasteiger partial charge on any atom is 0.213 e. The first kappa shape index (κ1) is 28.0. The number of piperidine rings is 1. The Morgan fingerprint density at radius 2 is 1.98 bits per heavy atom. The first-order valence-electron chi connectivity index (χ1n) is 15.9. The van der Waals surface area contributed by atoms with Gasteiger partial charge in [-0.1, -0.05) is 18.2 Å². The number of pyridine rings is 1. The Kier molecular flexibility index (Phi) is 8.13. The second kappa shape index (κ2) is 12.5. The highest BCUT2D eigenvalue weighted by Gasteiger charge is 2.29. The fraction of sp³-hybridized carbons (Fsp3) is 0.457. The Morgan fingerprint density at radius 1 is 1.12 bits per heavy atom. The number of hydrogen-bond donors (Lipinski definition) is 2. The van der Waals surface area contributed by atoms with Crippen LogP contribution in [0.25, 0.3) is 11.0 Å². The van der Waals surface area contributed by atoms with Crippen molar-refractivity contribution in [3.63, 3.8) is 0 Å². The fourth-order valence-electron chi connectivity index (χ4n) is 6.45. The van der Waals surface area contributed by atoms with E-state index in [1.165, 1.54) is 23.9 Å². The average molecular weight is 579 g/mol. The lowest BCUT2D eigenvalue weighted by Crippen LogP contribution is -2.35. The van der Waals surface area contributed by atoms with Crippen LogP contribution in [-0.4, -0.2) is 58.1 Å². The number of allylic oxidation sites excluding steroid dienone is 2. The van der Waals surface area contributed by atoms with E-state index < -0.39 is 0 Å². The number of aryl methyl sites for hydroxylation is 1. The summed E-state index contributed by atoms with van der Waals surface area (Å²) in [5.41, 5.74) is 6.81. The topological polar surface area (TPSA) is 88.3 Å². The zero-order chi connectivity index (χ0) is 29.2. The van der Waals surface area contributed by atoms with Gasteiger partial charge in [0.25, 0.3) is 0 Å². The second-order valence-corrected chi connectivity index (χ2v) is 12.6. The minimum atomic E-state index is 0.213. The molecule has 2 N–H and O–H groups in total. The highest BCUT2D eigenvalue weighted by molar-refractivity contribution is 5.77. The van der Waals surface area contributed by atoms with Crippen LogP contribution in [-0.2, 0) is 17.8 Å². The lowest BCUT2D eigenvalue weighted by atomic mass is 9.93. The molecule has 224 valence electrons. The van der Waals surface area contributed by atoms with E-state index in [4.69, 9.17) is 24.9 Å². The third-order valence-electron chi connectivity index (χ3n) is 9.28. The zero-order valence-electron chi connectivity index (χ0n) is 25.0. The lowest BCUT2D eigenvalue weighted by molar-refractivity contribution is -0.0592. The molecule has 1 aliphatic carbocycles. The van der Waals surface area contributed by atoms with Gasteiger partial charge >= 0.3 is 0 Å². The Balaban J connectivity index is 0.957. The molecule has 1 saturated carbocycles. The molecule has 2 aromatic heterocycles. The van der Waals surface area contributed by atoms with E-state index >= 15 is 0 Å². The number of hydrogen-bond acceptors (Lipinski definition) is 7. The molecule has 0 bridgehead atoms. The molecule has 7 rings (SSSR count). The highest BCUT2D eigenvalue weighted by atomic mass is 16.5. The van der Waals surface area contributed by atoms with E-state index in [0.717, 1.165) is 80.4 Å². The van der Waals surface area contributed by atoms with Crippen molar-refractivity contribution >= 4 is 17.2 Å². The molecular weight excluding hydrogens is 536 g/mol. The molecule has 3 aromatic rings. The molecule has 3 aliphatic heterocycles. The van der Waals surface area contributed by atoms with Gasteiger partial charge in [-0.25, -0.2) is 9.97 Å². The fourth-order valence-corrected chi connectivity index (χ4v) is 6.45. The number of rotatable bonds is 11. The van der Waals surface area contributed by atoms with E-state index in [1.54, 1.807) is 6.21 Å². The summed E-state index contributed by atoms with van der Waals surface area (Å²) in [6.45, 7) is 7.28. The smallest absolute Gasteiger partial charge is 0.213 e. The number of ether oxygens (including phenoxy) is 2. The largest absolute Gasteiger partial charge is 0.473 e. The molecule has 43 heavy (non-hydrogen) atoms. The first-order chi connectivity index (χ1) is 21.1. The summed E-state index contributed by atoms with van der Waals surface area (Å²) in [6.07, 6.45) is 15.9. The molecule has 8 heteroatoms. The summed E-state index contributed by atoms with van der Waals surface area (Å²) in [7, 11) is 0. The monoisotopic (exact) mass is 578 g/mol. The van der Waals surface area contributed by atoms with Crippen LogP contribution in [0.3, 0.4) is 0 Å². The summed E-state index contributed by atoms with van der Waals surface area (Å²) in [6, 6.07) is 12.7. The van der Waals surface area contributed by atoms with Gasteiger partial charge in [0.05, 0.1) is 30.2 Å². The summed E-state index contributed by atoms with van der Waals surface area (Å²) in [5, 5.41) is 11.1. The minimum absolute atomic E-state index is 0.213. The maximum absolute atomic E-state index is 7.75. The SMILES string of the molecule is Cc1ccc2nc(CN3CCC(c4cccc(OCC5=C/C(=C\C(C=N)C6CC6)NC=C5)n4)CC3)n(CC3CCO3)c2c1. The van der Waals surface area contributed by atoms with Gasteiger partial charge in [0.15, 0.2) is 0 Å². The van der Waals surface area contributed by atoms with Crippen molar-refractivity contribution in [3.8, 4) is 5.88 Å². The number of benzene rings is 1. The summed E-state index contributed by atoms with van der Waals surface area (Å²) < 4.78 is 14.3. The van der Waals surface area contributed by atoms with Crippen LogP contribution in [0.5, 0.6) is 5.88 Å². The number of dihydropyridines is 1. The van der Waals surface area contributed by atoms with Gasteiger partial charge < -0.3 is 24.8 Å². The third-order valence-corrected chi connectivity index (χ3v) is 9.28. The molecule has 2 atom stereocenters. The van der Waals surface area contributed by atoms with E-state index in [-0.39, 0.29) is 5.92 Å². The van der Waals surface area contributed by atoms with Gasteiger partial charge in [-0.3, -0.25) is 4.90 Å². The van der Waals surface area contributed by atoms with Crippen LogP contribution in [0.2, 0.25) is 0 Å². The molecular formula is C35H42N6O2. The molecule has 0 amide bonds. The van der Waals surface area contributed by atoms with Crippen LogP contribution < -0.4 is 10.1 Å². The van der Waals surface area contributed by atoms with Crippen LogP contribution in [0.1, 0.15) is 55.1 Å². The number of aromatic nitrogens is 3. The summed E-state index contributed by atoms with van der Waals surface area (Å²) in [4.78, 5) is 12.5. The number of nitrogens with one attached hydrogen (secondary N) is 2. The zero-order valence-corrected chi connectivity index (χ0v) is 25.0. The van der Waals surface area contributed by atoms with Gasteiger partial charge in [-0.2, -0.15) is 0 Å². The van der Waals surface area contributed by atoms with E-state index in [2.05, 4.69) is 64.2 Å². The van der Waals surface area contributed by atoms with Crippen molar-refractivity contribution in [2.45, 2.75) is 64.1 Å². The van der Waals surface area contributed by atoms with E-state index in [1.807, 2.05) is 18.3 Å². The summed E-state index contributed by atoms with van der Waals surface area (Å²) >= 11 is 0. The third kappa shape index (κ3) is 6.60. The predicted molar refractivity (Wildman–Crippen MR) is 169 cm³/mol. The lowest BCUT2D eigenvalue weighted by Gasteiger charge is -2.32. The summed E-state index contributed by atoms with van der Waals surface area (Å²) in [5.74, 6) is 3.09. The number of imidazole rings is 1. The molecule has 5 heterocycles. The van der Waals surface area contributed by atoms with Crippen LogP contribution in [0, 0.1) is 24.2 Å². The normalized spacial score (nSPS) is 22.7. The number of fused-ring (bicyclic) bond motifs is 1. The van der Waals surface area contributed by atoms with Crippen molar-refractivity contribution in [1.29, 1.82) is 5.41 Å². The van der Waals surface area contributed by atoms with E-state index in [9.17, 15) is 0 Å². The van der Waals surface area contributed by atoms with Gasteiger partial charge in [-0.05, 0) is 99.5 Å². The van der Waals surface area contributed by atoms with Crippen LogP contribution >= 0.6 is 0 Å². The van der Waals surface area contributed by atoms with Crippen molar-refractivity contribution in [3.05, 3.63) is 89.2 Å². The molecule has 1 aromatic carbocycles. The Hall–Kier alpha value is -3.75. The van der Waals surface area contributed by atoms with Gasteiger partial charge in [0.1, 0.15) is 12.4 Å². The van der Waals surface area contributed by atoms with Crippen molar-refractivity contribution in [1.82, 2.24) is 24.8 Å². The Morgan fingerprint density at radius 3 is 2.74 bits per heavy atom. The van der Waals surface area contributed by atoms with Crippen molar-refractivity contribution in [2.75, 3.05) is 26.3 Å². The molecule has 0 spiro atoms. The highest BCUT2D eigenvalue weighted by Crippen LogP contribution is 2.37. The van der Waals surface area contributed by atoms with Gasteiger partial charge in [0, 0.05) is 48.3 Å². The van der Waals surface area contributed by atoms with Crippen molar-refractivity contribution < 1.29 is 9.47 Å². The van der Waals surface area contributed by atoms with Gasteiger partial charge in [-0.15, -0.1) is 0 Å². The maximum atomic E-state index is 7.75. The van der Waals surface area contributed by atoms with Crippen molar-refractivity contribution in [2.24, 2.45) is 11.8 Å². The molecule has 2 saturated heterocycles. The molecule has 8 nitrogen and oxygen atoms in total. The first-order valence-corrected chi connectivity index (χ1v) is 15.9. The minimum Gasteiger partial charge on any atom is -0.473 e. The average Bonchev–Trinajstić information content (AvgIpc) is 3.80. The van der Waals surface area contributed by atoms with Crippen LogP contribution in [0.4, 0.5) is 0 Å². The quantitative estimate of drug-likeness (QED) is 0.276. The predicted octanol–water partition coefficient (Wildman–Crippen LogP) is 5.89. The number of nitrogens with zero attached hydrogens (tertiary/aromatic N) is 4.